The van der Waals surface area contributed by atoms with Crippen molar-refractivity contribution in [2.45, 2.75) is 13.0 Å². The van der Waals surface area contributed by atoms with Crippen LogP contribution in [0.1, 0.15) is 12.0 Å². The molecule has 6 nitrogen and oxygen atoms in total. The summed E-state index contributed by atoms with van der Waals surface area (Å²) in [6.07, 6.45) is 1.14. The molecule has 1 fully saturated rings. The summed E-state index contributed by atoms with van der Waals surface area (Å²) in [5, 5.41) is 3.55. The number of nitrogens with one attached hydrogen (secondary N) is 1. The zero-order valence-electron chi connectivity index (χ0n) is 17.9. The van der Waals surface area contributed by atoms with Gasteiger partial charge in [-0.3, -0.25) is 0 Å². The molecule has 0 aromatic heterocycles. The number of aliphatic imine (C=N–C) groups is 1. The van der Waals surface area contributed by atoms with Crippen molar-refractivity contribution in [1.29, 1.82) is 0 Å². The monoisotopic (exact) mass is 396 g/mol. The molecule has 0 aliphatic carbocycles. The van der Waals surface area contributed by atoms with Crippen molar-refractivity contribution in [1.82, 2.24) is 10.2 Å². The molecule has 3 rings (SSSR count). The van der Waals surface area contributed by atoms with Gasteiger partial charge in [-0.15, -0.1) is 0 Å². The predicted molar refractivity (Wildman–Crippen MR) is 119 cm³/mol. The molecule has 0 saturated carbocycles. The molecule has 1 aliphatic heterocycles. The van der Waals surface area contributed by atoms with Crippen molar-refractivity contribution >= 4 is 11.6 Å². The van der Waals surface area contributed by atoms with Gasteiger partial charge in [0.1, 0.15) is 11.5 Å². The summed E-state index contributed by atoms with van der Waals surface area (Å²) < 4.78 is 10.8. The molecule has 0 bridgehead atoms. The molecule has 1 saturated heterocycles. The Hall–Kier alpha value is -2.89. The summed E-state index contributed by atoms with van der Waals surface area (Å²) in [7, 11) is 7.43. The Morgan fingerprint density at radius 1 is 1.10 bits per heavy atom. The number of anilines is 1. The Balaban J connectivity index is 1.57. The number of benzene rings is 2. The Kier molecular flexibility index (Phi) is 7.22. The van der Waals surface area contributed by atoms with Crippen LogP contribution in [-0.4, -0.2) is 58.8 Å². The van der Waals surface area contributed by atoms with Crippen molar-refractivity contribution < 1.29 is 9.47 Å². The smallest absolute Gasteiger partial charge is 0.193 e. The van der Waals surface area contributed by atoms with Crippen LogP contribution in [0.3, 0.4) is 0 Å². The summed E-state index contributed by atoms with van der Waals surface area (Å²) in [5.74, 6) is 3.14. The van der Waals surface area contributed by atoms with Gasteiger partial charge in [0.05, 0.1) is 20.8 Å². The van der Waals surface area contributed by atoms with E-state index in [0.29, 0.717) is 12.5 Å². The highest BCUT2D eigenvalue weighted by molar-refractivity contribution is 5.79. The van der Waals surface area contributed by atoms with E-state index in [1.807, 2.05) is 43.3 Å². The molecule has 2 aromatic rings. The molecule has 0 spiro atoms. The van der Waals surface area contributed by atoms with E-state index < -0.39 is 0 Å². The van der Waals surface area contributed by atoms with E-state index in [0.717, 1.165) is 49.2 Å². The second-order valence-electron chi connectivity index (χ2n) is 7.57. The molecule has 29 heavy (non-hydrogen) atoms. The molecule has 156 valence electrons. The Morgan fingerprint density at radius 3 is 2.41 bits per heavy atom. The third-order valence-electron chi connectivity index (χ3n) is 5.21. The van der Waals surface area contributed by atoms with Crippen LogP contribution in [-0.2, 0) is 6.54 Å². The first-order chi connectivity index (χ1) is 14.1. The van der Waals surface area contributed by atoms with Gasteiger partial charge < -0.3 is 24.6 Å². The number of ether oxygens (including phenoxy) is 2. The van der Waals surface area contributed by atoms with E-state index in [-0.39, 0.29) is 0 Å². The van der Waals surface area contributed by atoms with Crippen LogP contribution < -0.4 is 19.7 Å². The highest BCUT2D eigenvalue weighted by atomic mass is 16.5. The lowest BCUT2D eigenvalue weighted by molar-refractivity contribution is 0.394. The van der Waals surface area contributed by atoms with Crippen LogP contribution in [0.5, 0.6) is 11.5 Å². The molecule has 1 atom stereocenters. The van der Waals surface area contributed by atoms with Gasteiger partial charge in [-0.1, -0.05) is 30.3 Å². The van der Waals surface area contributed by atoms with E-state index in [1.54, 1.807) is 14.2 Å². The zero-order chi connectivity index (χ0) is 20.6. The topological polar surface area (TPSA) is 49.3 Å². The van der Waals surface area contributed by atoms with Crippen LogP contribution in [0.2, 0.25) is 0 Å². The summed E-state index contributed by atoms with van der Waals surface area (Å²) in [6, 6.07) is 16.4. The second kappa shape index (κ2) is 10.0. The average Bonchev–Trinajstić information content (AvgIpc) is 3.23. The van der Waals surface area contributed by atoms with Gasteiger partial charge in [0.25, 0.3) is 0 Å². The number of rotatable bonds is 7. The summed E-state index contributed by atoms with van der Waals surface area (Å²) in [4.78, 5) is 9.20. The van der Waals surface area contributed by atoms with Crippen molar-refractivity contribution in [2.75, 3.05) is 52.8 Å². The zero-order valence-corrected chi connectivity index (χ0v) is 17.9. The Bertz CT molecular complexity index is 786. The largest absolute Gasteiger partial charge is 0.497 e. The number of hydrogen-bond acceptors (Lipinski definition) is 4. The minimum absolute atomic E-state index is 0.564. The maximum absolute atomic E-state index is 5.41. The van der Waals surface area contributed by atoms with Crippen LogP contribution >= 0.6 is 0 Å². The number of hydrogen-bond donors (Lipinski definition) is 1. The lowest BCUT2D eigenvalue weighted by atomic mass is 10.1. The van der Waals surface area contributed by atoms with E-state index >= 15 is 0 Å². The van der Waals surface area contributed by atoms with Gasteiger partial charge in [-0.05, 0) is 17.9 Å². The van der Waals surface area contributed by atoms with Gasteiger partial charge in [-0.2, -0.15) is 0 Å². The Morgan fingerprint density at radius 2 is 1.79 bits per heavy atom. The summed E-state index contributed by atoms with van der Waals surface area (Å²) in [5.41, 5.74) is 2.36. The van der Waals surface area contributed by atoms with Crippen molar-refractivity contribution in [3.05, 3.63) is 54.1 Å². The quantitative estimate of drug-likeness (QED) is 0.575. The number of guanidine groups is 1. The SMILES string of the molecule is COc1cc(OC)cc(N2CCC(CNC(=NCc3ccccc3)N(C)C)C2)c1. The molecule has 0 radical (unpaired) electrons. The van der Waals surface area contributed by atoms with Crippen molar-refractivity contribution in [2.24, 2.45) is 10.9 Å². The standard InChI is InChI=1S/C23H32N4O2/c1-26(2)23(24-15-18-8-6-5-7-9-18)25-16-19-10-11-27(17-19)20-12-21(28-3)14-22(13-20)29-4/h5-9,12-14,19H,10-11,15-17H2,1-4H3,(H,24,25). The fraction of sp³-hybridized carbons (Fsp3) is 0.435. The van der Waals surface area contributed by atoms with Crippen LogP contribution in [0.4, 0.5) is 5.69 Å². The maximum Gasteiger partial charge on any atom is 0.193 e. The minimum atomic E-state index is 0.564. The first-order valence-electron chi connectivity index (χ1n) is 10.1. The van der Waals surface area contributed by atoms with Gasteiger partial charge in [-0.25, -0.2) is 4.99 Å². The minimum Gasteiger partial charge on any atom is -0.497 e. The van der Waals surface area contributed by atoms with Crippen molar-refractivity contribution in [3.8, 4) is 11.5 Å². The lowest BCUT2D eigenvalue weighted by Crippen LogP contribution is -2.39. The molecule has 1 aliphatic rings. The molecular weight excluding hydrogens is 364 g/mol. The van der Waals surface area contributed by atoms with Crippen LogP contribution in [0.15, 0.2) is 53.5 Å². The van der Waals surface area contributed by atoms with Gasteiger partial charge >= 0.3 is 0 Å². The molecule has 1 N–H and O–H groups in total. The van der Waals surface area contributed by atoms with Crippen molar-refractivity contribution in [3.63, 3.8) is 0 Å². The highest BCUT2D eigenvalue weighted by Gasteiger charge is 2.24. The second-order valence-corrected chi connectivity index (χ2v) is 7.57. The molecule has 6 heteroatoms. The van der Waals surface area contributed by atoms with E-state index in [1.165, 1.54) is 5.56 Å². The fourth-order valence-electron chi connectivity index (χ4n) is 3.55. The number of methoxy groups -OCH3 is 2. The van der Waals surface area contributed by atoms with E-state index in [2.05, 4.69) is 34.5 Å². The summed E-state index contributed by atoms with van der Waals surface area (Å²) in [6.45, 7) is 3.62. The van der Waals surface area contributed by atoms with Crippen LogP contribution in [0, 0.1) is 5.92 Å². The molecule has 0 amide bonds. The molecule has 1 unspecified atom stereocenters. The predicted octanol–water partition coefficient (Wildman–Crippen LogP) is 3.24. The van der Waals surface area contributed by atoms with Crippen LogP contribution in [0.25, 0.3) is 0 Å². The summed E-state index contributed by atoms with van der Waals surface area (Å²) >= 11 is 0. The molecule has 1 heterocycles. The van der Waals surface area contributed by atoms with Gasteiger partial charge in [0, 0.05) is 57.6 Å². The normalized spacial score (nSPS) is 16.6. The highest BCUT2D eigenvalue weighted by Crippen LogP contribution is 2.31. The molecule has 2 aromatic carbocycles. The van der Waals surface area contributed by atoms with E-state index in [4.69, 9.17) is 14.5 Å². The fourth-order valence-corrected chi connectivity index (χ4v) is 3.55. The third-order valence-corrected chi connectivity index (χ3v) is 5.21. The first-order valence-corrected chi connectivity index (χ1v) is 10.1. The number of nitrogens with zero attached hydrogens (tertiary/aromatic N) is 3. The lowest BCUT2D eigenvalue weighted by Gasteiger charge is -2.22. The Labute approximate surface area is 174 Å². The molecular formula is C23H32N4O2. The first kappa shape index (κ1) is 20.8. The third kappa shape index (κ3) is 5.79. The van der Waals surface area contributed by atoms with E-state index in [9.17, 15) is 0 Å². The average molecular weight is 397 g/mol. The maximum atomic E-state index is 5.41. The van der Waals surface area contributed by atoms with Gasteiger partial charge in [0.2, 0.25) is 0 Å². The van der Waals surface area contributed by atoms with Gasteiger partial charge in [0.15, 0.2) is 5.96 Å².